The van der Waals surface area contributed by atoms with E-state index in [-0.39, 0.29) is 18.3 Å². The molecule has 0 aromatic heterocycles. The van der Waals surface area contributed by atoms with E-state index in [2.05, 4.69) is 0 Å². The van der Waals surface area contributed by atoms with E-state index in [1.807, 2.05) is 19.1 Å². The second kappa shape index (κ2) is 6.93. The quantitative estimate of drug-likeness (QED) is 0.800. The van der Waals surface area contributed by atoms with Crippen molar-refractivity contribution in [3.63, 3.8) is 0 Å². The second-order valence-electron chi connectivity index (χ2n) is 4.95. The maximum absolute atomic E-state index is 13.7. The summed E-state index contributed by atoms with van der Waals surface area (Å²) in [4.78, 5) is 22.7. The Kier molecular flexibility index (Phi) is 5.22. The lowest BCUT2D eigenvalue weighted by Crippen LogP contribution is -2.18. The summed E-state index contributed by atoms with van der Waals surface area (Å²) in [6.45, 7) is 3.29. The van der Waals surface area contributed by atoms with Crippen LogP contribution < -0.4 is 0 Å². The maximum atomic E-state index is 13.7. The molecule has 6 heteroatoms. The monoisotopic (exact) mass is 312 g/mol. The fourth-order valence-corrected chi connectivity index (χ4v) is 3.30. The highest BCUT2D eigenvalue weighted by Crippen LogP contribution is 2.37. The third-order valence-electron chi connectivity index (χ3n) is 3.08. The first-order chi connectivity index (χ1) is 9.95. The van der Waals surface area contributed by atoms with Gasteiger partial charge in [0.05, 0.1) is 5.56 Å². The smallest absolute Gasteiger partial charge is 0.338 e. The van der Waals surface area contributed by atoms with Gasteiger partial charge in [-0.2, -0.15) is 0 Å². The van der Waals surface area contributed by atoms with E-state index < -0.39 is 23.5 Å². The SMILES string of the molecule is CC(=O)OC1SC(COC(=O)c2ccc(C)cc2)CC1F. The Labute approximate surface area is 127 Å². The van der Waals surface area contributed by atoms with E-state index >= 15 is 0 Å². The van der Waals surface area contributed by atoms with Gasteiger partial charge in [0, 0.05) is 12.2 Å². The molecule has 0 aliphatic carbocycles. The lowest BCUT2D eigenvalue weighted by atomic mass is 10.1. The standard InChI is InChI=1S/C15H17FO4S/c1-9-3-5-11(6-4-9)14(18)19-8-12-7-13(16)15(21-12)20-10(2)17/h3-6,12-13,15H,7-8H2,1-2H3. The zero-order chi connectivity index (χ0) is 15.4. The van der Waals surface area contributed by atoms with Gasteiger partial charge in [0.2, 0.25) is 0 Å². The number of carbonyl (C=O) groups is 2. The first-order valence-electron chi connectivity index (χ1n) is 6.66. The Bertz CT molecular complexity index is 517. The Morgan fingerprint density at radius 1 is 1.33 bits per heavy atom. The Morgan fingerprint density at radius 2 is 2.00 bits per heavy atom. The minimum Gasteiger partial charge on any atom is -0.461 e. The van der Waals surface area contributed by atoms with Crippen LogP contribution in [0.2, 0.25) is 0 Å². The van der Waals surface area contributed by atoms with Crippen LogP contribution in [-0.2, 0) is 14.3 Å². The first kappa shape index (κ1) is 15.8. The molecule has 1 aromatic rings. The fraction of sp³-hybridized carbons (Fsp3) is 0.467. The van der Waals surface area contributed by atoms with Crippen LogP contribution in [0.1, 0.15) is 29.3 Å². The molecule has 3 unspecified atom stereocenters. The summed E-state index contributed by atoms with van der Waals surface area (Å²) >= 11 is 1.19. The van der Waals surface area contributed by atoms with Gasteiger partial charge < -0.3 is 9.47 Å². The number of hydrogen-bond acceptors (Lipinski definition) is 5. The average molecular weight is 312 g/mol. The molecule has 1 aliphatic heterocycles. The molecule has 21 heavy (non-hydrogen) atoms. The average Bonchev–Trinajstić information content (AvgIpc) is 2.77. The maximum Gasteiger partial charge on any atom is 0.338 e. The molecular weight excluding hydrogens is 295 g/mol. The van der Waals surface area contributed by atoms with Gasteiger partial charge in [-0.1, -0.05) is 17.7 Å². The molecule has 0 bridgehead atoms. The molecule has 0 saturated carbocycles. The Morgan fingerprint density at radius 3 is 2.62 bits per heavy atom. The molecule has 0 N–H and O–H groups in total. The predicted octanol–water partition coefficient (Wildman–Crippen LogP) is 2.88. The molecule has 0 amide bonds. The normalized spacial score (nSPS) is 24.6. The number of carbonyl (C=O) groups excluding carboxylic acids is 2. The molecular formula is C15H17FO4S. The fourth-order valence-electron chi connectivity index (χ4n) is 2.01. The highest BCUT2D eigenvalue weighted by atomic mass is 32.2. The molecule has 1 saturated heterocycles. The van der Waals surface area contributed by atoms with Crippen LogP contribution in [0.25, 0.3) is 0 Å². The summed E-state index contributed by atoms with van der Waals surface area (Å²) in [5.74, 6) is -0.936. The summed E-state index contributed by atoms with van der Waals surface area (Å²) in [6.07, 6.45) is -1.01. The summed E-state index contributed by atoms with van der Waals surface area (Å²) in [6, 6.07) is 7.04. The lowest BCUT2D eigenvalue weighted by Gasteiger charge is -2.12. The van der Waals surface area contributed by atoms with E-state index in [4.69, 9.17) is 9.47 Å². The van der Waals surface area contributed by atoms with E-state index in [0.29, 0.717) is 5.56 Å². The Hall–Kier alpha value is -1.56. The van der Waals surface area contributed by atoms with Gasteiger partial charge in [0.15, 0.2) is 5.44 Å². The van der Waals surface area contributed by atoms with Crippen molar-refractivity contribution in [3.8, 4) is 0 Å². The number of halogens is 1. The highest BCUT2D eigenvalue weighted by molar-refractivity contribution is 8.00. The summed E-state index contributed by atoms with van der Waals surface area (Å²) in [5, 5.41) is -0.196. The molecule has 1 fully saturated rings. The van der Waals surface area contributed by atoms with Crippen molar-refractivity contribution in [1.82, 2.24) is 0 Å². The highest BCUT2D eigenvalue weighted by Gasteiger charge is 2.38. The summed E-state index contributed by atoms with van der Waals surface area (Å²) in [5.41, 5.74) is 0.727. The number of thioether (sulfide) groups is 1. The van der Waals surface area contributed by atoms with Crippen molar-refractivity contribution in [2.24, 2.45) is 0 Å². The van der Waals surface area contributed by atoms with E-state index in [9.17, 15) is 14.0 Å². The molecule has 2 rings (SSSR count). The topological polar surface area (TPSA) is 52.6 Å². The number of hydrogen-bond donors (Lipinski definition) is 0. The van der Waals surface area contributed by atoms with Gasteiger partial charge in [-0.05, 0) is 25.5 Å². The number of rotatable bonds is 4. The van der Waals surface area contributed by atoms with Gasteiger partial charge in [-0.25, -0.2) is 9.18 Å². The van der Waals surface area contributed by atoms with Gasteiger partial charge in [0.25, 0.3) is 0 Å². The van der Waals surface area contributed by atoms with Gasteiger partial charge in [0.1, 0.15) is 12.8 Å². The van der Waals surface area contributed by atoms with Gasteiger partial charge in [-0.15, -0.1) is 11.8 Å². The Balaban J connectivity index is 1.82. The molecule has 0 spiro atoms. The molecule has 4 nitrogen and oxygen atoms in total. The number of alkyl halides is 1. The van der Waals surface area contributed by atoms with Crippen molar-refractivity contribution < 1.29 is 23.5 Å². The molecule has 1 heterocycles. The lowest BCUT2D eigenvalue weighted by molar-refractivity contribution is -0.144. The van der Waals surface area contributed by atoms with Crippen LogP contribution in [-0.4, -0.2) is 35.4 Å². The van der Waals surface area contributed by atoms with Crippen LogP contribution in [0.4, 0.5) is 4.39 Å². The van der Waals surface area contributed by atoms with Crippen LogP contribution >= 0.6 is 11.8 Å². The number of benzene rings is 1. The van der Waals surface area contributed by atoms with Crippen molar-refractivity contribution in [2.45, 2.75) is 37.1 Å². The molecule has 3 atom stereocenters. The van der Waals surface area contributed by atoms with Crippen LogP contribution in [0.15, 0.2) is 24.3 Å². The zero-order valence-electron chi connectivity index (χ0n) is 11.9. The van der Waals surface area contributed by atoms with E-state index in [1.165, 1.54) is 18.7 Å². The second-order valence-corrected chi connectivity index (χ2v) is 6.36. The van der Waals surface area contributed by atoms with Crippen molar-refractivity contribution in [3.05, 3.63) is 35.4 Å². The third kappa shape index (κ3) is 4.46. The van der Waals surface area contributed by atoms with Crippen LogP contribution in [0, 0.1) is 6.92 Å². The van der Waals surface area contributed by atoms with E-state index in [0.717, 1.165) is 5.56 Å². The minimum atomic E-state index is -1.22. The van der Waals surface area contributed by atoms with Crippen molar-refractivity contribution >= 4 is 23.7 Å². The first-order valence-corrected chi connectivity index (χ1v) is 7.60. The number of esters is 2. The van der Waals surface area contributed by atoms with Crippen LogP contribution in [0.5, 0.6) is 0 Å². The number of aryl methyl sites for hydroxylation is 1. The largest absolute Gasteiger partial charge is 0.461 e. The van der Waals surface area contributed by atoms with Crippen LogP contribution in [0.3, 0.4) is 0 Å². The molecule has 114 valence electrons. The molecule has 0 radical (unpaired) electrons. The predicted molar refractivity (Wildman–Crippen MR) is 77.9 cm³/mol. The third-order valence-corrected chi connectivity index (χ3v) is 4.45. The van der Waals surface area contributed by atoms with E-state index in [1.54, 1.807) is 12.1 Å². The summed E-state index contributed by atoms with van der Waals surface area (Å²) in [7, 11) is 0. The van der Waals surface area contributed by atoms with Crippen molar-refractivity contribution in [1.29, 1.82) is 0 Å². The molecule has 1 aromatic carbocycles. The van der Waals surface area contributed by atoms with Gasteiger partial charge >= 0.3 is 11.9 Å². The molecule has 1 aliphatic rings. The summed E-state index contributed by atoms with van der Waals surface area (Å²) < 4.78 is 23.7. The number of ether oxygens (including phenoxy) is 2. The zero-order valence-corrected chi connectivity index (χ0v) is 12.7. The van der Waals surface area contributed by atoms with Gasteiger partial charge in [-0.3, -0.25) is 4.79 Å². The van der Waals surface area contributed by atoms with Crippen molar-refractivity contribution in [2.75, 3.05) is 6.61 Å². The minimum absolute atomic E-state index is 0.107.